The van der Waals surface area contributed by atoms with Gasteiger partial charge in [-0.05, 0) is 5.56 Å². The van der Waals surface area contributed by atoms with Crippen molar-refractivity contribution in [1.29, 1.82) is 0 Å². The Labute approximate surface area is 126 Å². The number of carboxylic acids is 1. The standard InChI is InChI=1S/C14H16N2O6/c17-12(18)11-6-10(7-16(11)14(20)21)15-13(19)22-8-9-4-2-1-3-5-9/h1-5,10-11H,6-8H2,(H,15,19)(H,17,18)(H,20,21)/t10-,11-/m1/s1. The Hall–Kier alpha value is -2.77. The van der Waals surface area contributed by atoms with Crippen molar-refractivity contribution in [3.05, 3.63) is 35.9 Å². The van der Waals surface area contributed by atoms with Crippen molar-refractivity contribution in [3.8, 4) is 0 Å². The van der Waals surface area contributed by atoms with E-state index in [4.69, 9.17) is 14.9 Å². The largest absolute Gasteiger partial charge is 0.480 e. The second-order valence-electron chi connectivity index (χ2n) is 4.93. The van der Waals surface area contributed by atoms with Crippen LogP contribution >= 0.6 is 0 Å². The summed E-state index contributed by atoms with van der Waals surface area (Å²) in [6.45, 7) is 0.0110. The molecular weight excluding hydrogens is 292 g/mol. The molecule has 0 aliphatic carbocycles. The fraction of sp³-hybridized carbons (Fsp3) is 0.357. The van der Waals surface area contributed by atoms with Gasteiger partial charge in [0.15, 0.2) is 0 Å². The highest BCUT2D eigenvalue weighted by atomic mass is 16.5. The van der Waals surface area contributed by atoms with E-state index in [1.165, 1.54) is 0 Å². The molecule has 0 spiro atoms. The van der Waals surface area contributed by atoms with E-state index in [1.807, 2.05) is 18.2 Å². The number of carboxylic acid groups (broad SMARTS) is 2. The first-order valence-corrected chi connectivity index (χ1v) is 6.67. The number of hydrogen-bond acceptors (Lipinski definition) is 4. The Morgan fingerprint density at radius 1 is 1.23 bits per heavy atom. The molecule has 0 radical (unpaired) electrons. The number of nitrogens with one attached hydrogen (secondary N) is 1. The van der Waals surface area contributed by atoms with Crippen LogP contribution in [-0.4, -0.2) is 51.9 Å². The summed E-state index contributed by atoms with van der Waals surface area (Å²) >= 11 is 0. The molecule has 0 bridgehead atoms. The van der Waals surface area contributed by atoms with Crippen LogP contribution in [0.1, 0.15) is 12.0 Å². The molecule has 0 saturated carbocycles. The van der Waals surface area contributed by atoms with Crippen LogP contribution in [0.4, 0.5) is 9.59 Å². The maximum atomic E-state index is 11.7. The average Bonchev–Trinajstić information content (AvgIpc) is 2.90. The number of likely N-dealkylation sites (tertiary alicyclic amines) is 1. The van der Waals surface area contributed by atoms with E-state index in [0.717, 1.165) is 10.5 Å². The number of aliphatic carboxylic acids is 1. The molecule has 1 aliphatic rings. The third-order valence-electron chi connectivity index (χ3n) is 3.37. The topological polar surface area (TPSA) is 116 Å². The van der Waals surface area contributed by atoms with Crippen LogP contribution in [-0.2, 0) is 16.1 Å². The first-order valence-electron chi connectivity index (χ1n) is 6.67. The second kappa shape index (κ2) is 6.79. The molecular formula is C14H16N2O6. The van der Waals surface area contributed by atoms with Crippen LogP contribution < -0.4 is 5.32 Å². The lowest BCUT2D eigenvalue weighted by atomic mass is 10.2. The zero-order valence-electron chi connectivity index (χ0n) is 11.6. The first kappa shape index (κ1) is 15.6. The lowest BCUT2D eigenvalue weighted by Gasteiger charge is -2.16. The van der Waals surface area contributed by atoms with E-state index >= 15 is 0 Å². The van der Waals surface area contributed by atoms with Gasteiger partial charge in [0.25, 0.3) is 0 Å². The summed E-state index contributed by atoms with van der Waals surface area (Å²) in [5.74, 6) is -1.23. The lowest BCUT2D eigenvalue weighted by Crippen LogP contribution is -2.40. The van der Waals surface area contributed by atoms with Crippen molar-refractivity contribution in [2.24, 2.45) is 0 Å². The molecule has 8 nitrogen and oxygen atoms in total. The molecule has 2 rings (SSSR count). The van der Waals surface area contributed by atoms with Gasteiger partial charge in [-0.3, -0.25) is 4.90 Å². The van der Waals surface area contributed by atoms with Crippen molar-refractivity contribution < 1.29 is 29.3 Å². The monoisotopic (exact) mass is 308 g/mol. The van der Waals surface area contributed by atoms with Crippen molar-refractivity contribution in [2.75, 3.05) is 6.54 Å². The van der Waals surface area contributed by atoms with E-state index in [2.05, 4.69) is 5.32 Å². The maximum Gasteiger partial charge on any atom is 0.408 e. The van der Waals surface area contributed by atoms with Crippen molar-refractivity contribution in [2.45, 2.75) is 25.1 Å². The second-order valence-corrected chi connectivity index (χ2v) is 4.93. The number of alkyl carbamates (subject to hydrolysis) is 1. The summed E-state index contributed by atoms with van der Waals surface area (Å²) in [7, 11) is 0. The number of hydrogen-bond donors (Lipinski definition) is 3. The molecule has 8 heteroatoms. The van der Waals surface area contributed by atoms with Crippen LogP contribution in [0.2, 0.25) is 0 Å². The summed E-state index contributed by atoms with van der Waals surface area (Å²) in [5.41, 5.74) is 0.819. The molecule has 1 fully saturated rings. The highest BCUT2D eigenvalue weighted by Gasteiger charge is 2.40. The normalized spacial score (nSPS) is 20.5. The Morgan fingerprint density at radius 3 is 2.45 bits per heavy atom. The fourth-order valence-corrected chi connectivity index (χ4v) is 2.32. The molecule has 0 unspecified atom stereocenters. The Balaban J connectivity index is 1.84. The number of amides is 2. The van der Waals surface area contributed by atoms with E-state index in [0.29, 0.717) is 0 Å². The highest BCUT2D eigenvalue weighted by molar-refractivity contribution is 5.80. The predicted molar refractivity (Wildman–Crippen MR) is 74.3 cm³/mol. The molecule has 22 heavy (non-hydrogen) atoms. The molecule has 2 amide bonds. The van der Waals surface area contributed by atoms with Gasteiger partial charge in [0.05, 0.1) is 6.04 Å². The number of nitrogens with zero attached hydrogens (tertiary/aromatic N) is 1. The van der Waals surface area contributed by atoms with Gasteiger partial charge >= 0.3 is 18.2 Å². The van der Waals surface area contributed by atoms with Crippen LogP contribution in [0, 0.1) is 0 Å². The number of ether oxygens (including phenoxy) is 1. The highest BCUT2D eigenvalue weighted by Crippen LogP contribution is 2.18. The van der Waals surface area contributed by atoms with Gasteiger partial charge in [0.2, 0.25) is 0 Å². The molecule has 2 atom stereocenters. The van der Waals surface area contributed by atoms with Gasteiger partial charge in [-0.25, -0.2) is 14.4 Å². The molecule has 118 valence electrons. The quantitative estimate of drug-likeness (QED) is 0.767. The molecule has 1 aromatic carbocycles. The summed E-state index contributed by atoms with van der Waals surface area (Å²) in [6.07, 6.45) is -2.01. The summed E-state index contributed by atoms with van der Waals surface area (Å²) in [6, 6.07) is 7.34. The first-order chi connectivity index (χ1) is 10.5. The maximum absolute atomic E-state index is 11.7. The van der Waals surface area contributed by atoms with Crippen LogP contribution in [0.3, 0.4) is 0 Å². The number of benzene rings is 1. The zero-order chi connectivity index (χ0) is 16.1. The SMILES string of the molecule is O=C(N[C@@H]1C[C@H](C(=O)O)N(C(=O)O)C1)OCc1ccccc1. The van der Waals surface area contributed by atoms with Gasteiger partial charge in [0.1, 0.15) is 12.6 Å². The van der Waals surface area contributed by atoms with E-state index in [9.17, 15) is 14.4 Å². The van der Waals surface area contributed by atoms with E-state index in [-0.39, 0.29) is 19.6 Å². The Morgan fingerprint density at radius 2 is 1.91 bits per heavy atom. The molecule has 1 heterocycles. The summed E-state index contributed by atoms with van der Waals surface area (Å²) in [5, 5.41) is 20.4. The minimum absolute atomic E-state index is 0.0159. The average molecular weight is 308 g/mol. The number of carbonyl (C=O) groups excluding carboxylic acids is 1. The van der Waals surface area contributed by atoms with Crippen molar-refractivity contribution >= 4 is 18.2 Å². The van der Waals surface area contributed by atoms with Gasteiger partial charge in [0, 0.05) is 13.0 Å². The Bertz CT molecular complexity index is 540. The van der Waals surface area contributed by atoms with Crippen molar-refractivity contribution in [1.82, 2.24) is 10.2 Å². The Kier molecular flexibility index (Phi) is 4.82. The van der Waals surface area contributed by atoms with Crippen LogP contribution in [0.15, 0.2) is 30.3 Å². The molecule has 1 aliphatic heterocycles. The number of rotatable bonds is 4. The fourth-order valence-electron chi connectivity index (χ4n) is 2.32. The number of carbonyl (C=O) groups is 3. The van der Waals surface area contributed by atoms with Gasteiger partial charge in [-0.1, -0.05) is 30.3 Å². The van der Waals surface area contributed by atoms with Gasteiger partial charge < -0.3 is 20.3 Å². The lowest BCUT2D eigenvalue weighted by molar-refractivity contribution is -0.141. The van der Waals surface area contributed by atoms with Crippen LogP contribution in [0.25, 0.3) is 0 Å². The molecule has 1 aromatic rings. The predicted octanol–water partition coefficient (Wildman–Crippen LogP) is 1.12. The minimum Gasteiger partial charge on any atom is -0.480 e. The van der Waals surface area contributed by atoms with E-state index < -0.39 is 30.2 Å². The van der Waals surface area contributed by atoms with Crippen molar-refractivity contribution in [3.63, 3.8) is 0 Å². The molecule has 3 N–H and O–H groups in total. The van der Waals surface area contributed by atoms with Gasteiger partial charge in [-0.15, -0.1) is 0 Å². The van der Waals surface area contributed by atoms with E-state index in [1.54, 1.807) is 12.1 Å². The summed E-state index contributed by atoms with van der Waals surface area (Å²) in [4.78, 5) is 34.5. The third kappa shape index (κ3) is 3.87. The zero-order valence-corrected chi connectivity index (χ0v) is 11.6. The minimum atomic E-state index is -1.32. The third-order valence-corrected chi connectivity index (χ3v) is 3.37. The van der Waals surface area contributed by atoms with Crippen LogP contribution in [0.5, 0.6) is 0 Å². The molecule has 0 aromatic heterocycles. The molecule has 1 saturated heterocycles. The summed E-state index contributed by atoms with van der Waals surface area (Å²) < 4.78 is 5.02. The smallest absolute Gasteiger partial charge is 0.408 e. The van der Waals surface area contributed by atoms with Gasteiger partial charge in [-0.2, -0.15) is 0 Å².